The molecule has 0 heterocycles. The molecule has 0 aliphatic heterocycles. The summed E-state index contributed by atoms with van der Waals surface area (Å²) in [5.74, 6) is -0.402. The molecule has 2 rings (SSSR count). The van der Waals surface area contributed by atoms with Gasteiger partial charge in [-0.05, 0) is 23.8 Å². The molecule has 2 aromatic rings. The normalized spacial score (nSPS) is 11.8. The van der Waals surface area contributed by atoms with Crippen LogP contribution in [0.4, 0.5) is 5.69 Å². The standard InChI is InChI=1S/C14H13BrN2O/c15-11-7-4-8-12(9-11)17-13(14(16)18)10-5-2-1-3-6-10/h1-9,13,17H,(H2,16,18). The fourth-order valence-electron chi connectivity index (χ4n) is 1.71. The van der Waals surface area contributed by atoms with Gasteiger partial charge in [0.05, 0.1) is 0 Å². The van der Waals surface area contributed by atoms with Crippen molar-refractivity contribution in [1.29, 1.82) is 0 Å². The zero-order valence-corrected chi connectivity index (χ0v) is 11.2. The molecule has 0 radical (unpaired) electrons. The Morgan fingerprint density at radius 1 is 1.11 bits per heavy atom. The van der Waals surface area contributed by atoms with E-state index in [1.165, 1.54) is 0 Å². The Morgan fingerprint density at radius 2 is 1.83 bits per heavy atom. The van der Waals surface area contributed by atoms with Crippen LogP contribution < -0.4 is 11.1 Å². The van der Waals surface area contributed by atoms with Crippen LogP contribution in [-0.2, 0) is 4.79 Å². The highest BCUT2D eigenvalue weighted by atomic mass is 79.9. The number of hydrogen-bond acceptors (Lipinski definition) is 2. The summed E-state index contributed by atoms with van der Waals surface area (Å²) in [6.45, 7) is 0. The molecule has 92 valence electrons. The van der Waals surface area contributed by atoms with Gasteiger partial charge >= 0.3 is 0 Å². The van der Waals surface area contributed by atoms with Crippen molar-refractivity contribution >= 4 is 27.5 Å². The minimum Gasteiger partial charge on any atom is -0.370 e. The van der Waals surface area contributed by atoms with Crippen molar-refractivity contribution in [2.45, 2.75) is 6.04 Å². The number of primary amides is 1. The fourth-order valence-corrected chi connectivity index (χ4v) is 2.11. The maximum atomic E-state index is 11.5. The molecule has 0 fully saturated rings. The molecular weight excluding hydrogens is 292 g/mol. The van der Waals surface area contributed by atoms with Gasteiger partial charge in [0.25, 0.3) is 0 Å². The highest BCUT2D eigenvalue weighted by molar-refractivity contribution is 9.10. The summed E-state index contributed by atoms with van der Waals surface area (Å²) in [7, 11) is 0. The predicted octanol–water partition coefficient (Wildman–Crippen LogP) is 3.09. The van der Waals surface area contributed by atoms with Crippen LogP contribution in [0.25, 0.3) is 0 Å². The molecular formula is C14H13BrN2O. The van der Waals surface area contributed by atoms with Crippen LogP contribution in [-0.4, -0.2) is 5.91 Å². The van der Waals surface area contributed by atoms with Gasteiger partial charge in [-0.3, -0.25) is 4.79 Å². The zero-order chi connectivity index (χ0) is 13.0. The molecule has 0 aliphatic carbocycles. The average Bonchev–Trinajstić information content (AvgIpc) is 2.37. The maximum Gasteiger partial charge on any atom is 0.244 e. The first kappa shape index (κ1) is 12.6. The number of halogens is 1. The Morgan fingerprint density at radius 3 is 2.44 bits per heavy atom. The molecule has 0 saturated heterocycles. The summed E-state index contributed by atoms with van der Waals surface area (Å²) < 4.78 is 0.948. The summed E-state index contributed by atoms with van der Waals surface area (Å²) in [6.07, 6.45) is 0. The number of hydrogen-bond donors (Lipinski definition) is 2. The number of amides is 1. The van der Waals surface area contributed by atoms with Crippen LogP contribution in [0.2, 0.25) is 0 Å². The zero-order valence-electron chi connectivity index (χ0n) is 9.64. The smallest absolute Gasteiger partial charge is 0.244 e. The number of nitrogens with two attached hydrogens (primary N) is 1. The minimum absolute atomic E-state index is 0.402. The van der Waals surface area contributed by atoms with Crippen molar-refractivity contribution in [2.75, 3.05) is 5.32 Å². The van der Waals surface area contributed by atoms with Gasteiger partial charge in [-0.2, -0.15) is 0 Å². The minimum atomic E-state index is -0.527. The van der Waals surface area contributed by atoms with Crippen LogP contribution >= 0.6 is 15.9 Å². The quantitative estimate of drug-likeness (QED) is 0.912. The molecule has 4 heteroatoms. The molecule has 0 bridgehead atoms. The number of carbonyl (C=O) groups excluding carboxylic acids is 1. The Balaban J connectivity index is 2.25. The third kappa shape index (κ3) is 3.11. The first-order chi connectivity index (χ1) is 8.66. The van der Waals surface area contributed by atoms with Gasteiger partial charge < -0.3 is 11.1 Å². The van der Waals surface area contributed by atoms with Crippen LogP contribution in [0.3, 0.4) is 0 Å². The lowest BCUT2D eigenvalue weighted by molar-refractivity contribution is -0.118. The lowest BCUT2D eigenvalue weighted by Crippen LogP contribution is -2.27. The number of benzene rings is 2. The first-order valence-electron chi connectivity index (χ1n) is 5.53. The number of carbonyl (C=O) groups is 1. The number of nitrogens with one attached hydrogen (secondary N) is 1. The van der Waals surface area contributed by atoms with E-state index in [1.807, 2.05) is 54.6 Å². The first-order valence-corrected chi connectivity index (χ1v) is 6.32. The third-order valence-corrected chi connectivity index (χ3v) is 3.05. The van der Waals surface area contributed by atoms with Crippen LogP contribution in [0.5, 0.6) is 0 Å². The monoisotopic (exact) mass is 304 g/mol. The van der Waals surface area contributed by atoms with Crippen molar-refractivity contribution in [3.05, 3.63) is 64.6 Å². The second kappa shape index (κ2) is 5.69. The molecule has 1 atom stereocenters. The average molecular weight is 305 g/mol. The van der Waals surface area contributed by atoms with E-state index in [2.05, 4.69) is 21.2 Å². The van der Waals surface area contributed by atoms with Crippen LogP contribution in [0.1, 0.15) is 11.6 Å². The van der Waals surface area contributed by atoms with E-state index in [4.69, 9.17) is 5.73 Å². The largest absolute Gasteiger partial charge is 0.370 e. The Hall–Kier alpha value is -1.81. The molecule has 0 saturated carbocycles. The molecule has 0 aromatic heterocycles. The second-order valence-electron chi connectivity index (χ2n) is 3.90. The van der Waals surface area contributed by atoms with E-state index in [1.54, 1.807) is 0 Å². The van der Waals surface area contributed by atoms with Crippen molar-refractivity contribution in [3.63, 3.8) is 0 Å². The molecule has 2 aromatic carbocycles. The van der Waals surface area contributed by atoms with E-state index in [9.17, 15) is 4.79 Å². The van der Waals surface area contributed by atoms with Crippen LogP contribution in [0, 0.1) is 0 Å². The molecule has 3 N–H and O–H groups in total. The highest BCUT2D eigenvalue weighted by Crippen LogP contribution is 2.22. The van der Waals surface area contributed by atoms with Crippen LogP contribution in [0.15, 0.2) is 59.1 Å². The predicted molar refractivity (Wildman–Crippen MR) is 76.1 cm³/mol. The summed E-state index contributed by atoms with van der Waals surface area (Å²) in [5.41, 5.74) is 7.14. The summed E-state index contributed by atoms with van der Waals surface area (Å²) in [6, 6.07) is 16.5. The molecule has 0 spiro atoms. The lowest BCUT2D eigenvalue weighted by atomic mass is 10.1. The second-order valence-corrected chi connectivity index (χ2v) is 4.82. The van der Waals surface area contributed by atoms with Crippen molar-refractivity contribution in [3.8, 4) is 0 Å². The Kier molecular flexibility index (Phi) is 3.99. The van der Waals surface area contributed by atoms with Gasteiger partial charge in [-0.1, -0.05) is 52.3 Å². The number of rotatable bonds is 4. The van der Waals surface area contributed by atoms with Crippen molar-refractivity contribution < 1.29 is 4.79 Å². The summed E-state index contributed by atoms with van der Waals surface area (Å²) in [5, 5.41) is 3.13. The van der Waals surface area contributed by atoms with Crippen molar-refractivity contribution in [2.24, 2.45) is 5.73 Å². The van der Waals surface area contributed by atoms with E-state index >= 15 is 0 Å². The topological polar surface area (TPSA) is 55.1 Å². The highest BCUT2D eigenvalue weighted by Gasteiger charge is 2.16. The Bertz CT molecular complexity index is 543. The van der Waals surface area contributed by atoms with Crippen molar-refractivity contribution in [1.82, 2.24) is 0 Å². The molecule has 1 unspecified atom stereocenters. The van der Waals surface area contributed by atoms with Gasteiger partial charge in [-0.15, -0.1) is 0 Å². The van der Waals surface area contributed by atoms with Gasteiger partial charge in [0.15, 0.2) is 0 Å². The van der Waals surface area contributed by atoms with Gasteiger partial charge in [0.2, 0.25) is 5.91 Å². The van der Waals surface area contributed by atoms with Gasteiger partial charge in [-0.25, -0.2) is 0 Å². The van der Waals surface area contributed by atoms with E-state index in [0.717, 1.165) is 15.7 Å². The van der Waals surface area contributed by atoms with E-state index in [-0.39, 0.29) is 0 Å². The molecule has 0 aliphatic rings. The molecule has 3 nitrogen and oxygen atoms in total. The Labute approximate surface area is 114 Å². The SMILES string of the molecule is NC(=O)C(Nc1cccc(Br)c1)c1ccccc1. The fraction of sp³-hybridized carbons (Fsp3) is 0.0714. The molecule has 18 heavy (non-hydrogen) atoms. The summed E-state index contributed by atoms with van der Waals surface area (Å²) in [4.78, 5) is 11.5. The lowest BCUT2D eigenvalue weighted by Gasteiger charge is -2.17. The molecule has 1 amide bonds. The van der Waals surface area contributed by atoms with E-state index < -0.39 is 11.9 Å². The third-order valence-electron chi connectivity index (χ3n) is 2.55. The van der Waals surface area contributed by atoms with Gasteiger partial charge in [0, 0.05) is 10.2 Å². The number of anilines is 1. The van der Waals surface area contributed by atoms with E-state index in [0.29, 0.717) is 0 Å². The maximum absolute atomic E-state index is 11.5. The summed E-state index contributed by atoms with van der Waals surface area (Å²) >= 11 is 3.39. The van der Waals surface area contributed by atoms with Gasteiger partial charge in [0.1, 0.15) is 6.04 Å².